The fourth-order valence-electron chi connectivity index (χ4n) is 3.89. The number of aromatic nitrogens is 2. The molecule has 27 heavy (non-hydrogen) atoms. The molecular weight excluding hydrogens is 348 g/mol. The lowest BCUT2D eigenvalue weighted by atomic mass is 9.84. The summed E-state index contributed by atoms with van der Waals surface area (Å²) in [6.07, 6.45) is 9.17. The van der Waals surface area contributed by atoms with Crippen molar-refractivity contribution in [2.45, 2.75) is 50.4 Å². The van der Waals surface area contributed by atoms with Gasteiger partial charge in [0.2, 0.25) is 0 Å². The summed E-state index contributed by atoms with van der Waals surface area (Å²) in [6.45, 7) is 6.15. The third-order valence-corrected chi connectivity index (χ3v) is 5.60. The number of allylic oxidation sites excluding steroid dienone is 1. The summed E-state index contributed by atoms with van der Waals surface area (Å²) in [6, 6.07) is 0. The van der Waals surface area contributed by atoms with Crippen LogP contribution in [0.1, 0.15) is 43.1 Å². The molecule has 4 rings (SSSR count). The van der Waals surface area contributed by atoms with Gasteiger partial charge in [0.25, 0.3) is 0 Å². The SMILES string of the molecule is C=C1C(=O)O[C@H]2[C@H]1CC/C(COC(=O)c1cnccn1)=C\CC[C@@]1(C)O[C@@H]21. The van der Waals surface area contributed by atoms with Crippen molar-refractivity contribution in [1.82, 2.24) is 9.97 Å². The van der Waals surface area contributed by atoms with E-state index in [1.54, 1.807) is 0 Å². The van der Waals surface area contributed by atoms with E-state index in [1.807, 2.05) is 6.92 Å². The first-order valence-electron chi connectivity index (χ1n) is 9.16. The monoisotopic (exact) mass is 370 g/mol. The minimum Gasteiger partial charge on any atom is -0.456 e. The molecule has 7 heteroatoms. The molecule has 1 aromatic rings. The second kappa shape index (κ2) is 6.88. The number of epoxide rings is 1. The number of ether oxygens (including phenoxy) is 3. The molecule has 1 aromatic heterocycles. The second-order valence-electron chi connectivity index (χ2n) is 7.46. The van der Waals surface area contributed by atoms with Crippen LogP contribution in [0.25, 0.3) is 0 Å². The van der Waals surface area contributed by atoms with Gasteiger partial charge in [0, 0.05) is 23.9 Å². The number of carbonyl (C=O) groups excluding carboxylic acids is 2. The maximum atomic E-state index is 12.1. The van der Waals surface area contributed by atoms with Crippen molar-refractivity contribution in [1.29, 1.82) is 0 Å². The van der Waals surface area contributed by atoms with E-state index >= 15 is 0 Å². The van der Waals surface area contributed by atoms with Crippen LogP contribution in [0.4, 0.5) is 0 Å². The number of rotatable bonds is 3. The van der Waals surface area contributed by atoms with Crippen molar-refractivity contribution in [2.24, 2.45) is 5.92 Å². The average Bonchev–Trinajstić information content (AvgIpc) is 3.26. The van der Waals surface area contributed by atoms with E-state index in [4.69, 9.17) is 14.2 Å². The smallest absolute Gasteiger partial charge is 0.358 e. The third kappa shape index (κ3) is 3.51. The summed E-state index contributed by atoms with van der Waals surface area (Å²) in [5, 5.41) is 0. The van der Waals surface area contributed by atoms with Gasteiger partial charge in [-0.05, 0) is 38.2 Å². The largest absolute Gasteiger partial charge is 0.456 e. The van der Waals surface area contributed by atoms with Crippen molar-refractivity contribution in [3.63, 3.8) is 0 Å². The van der Waals surface area contributed by atoms with Crippen LogP contribution in [0.3, 0.4) is 0 Å². The van der Waals surface area contributed by atoms with E-state index in [0.29, 0.717) is 18.4 Å². The van der Waals surface area contributed by atoms with E-state index in [2.05, 4.69) is 22.6 Å². The normalized spacial score (nSPS) is 34.6. The van der Waals surface area contributed by atoms with E-state index in [-0.39, 0.29) is 42.0 Å². The van der Waals surface area contributed by atoms with Crippen LogP contribution in [0.5, 0.6) is 0 Å². The minimum atomic E-state index is -0.500. The van der Waals surface area contributed by atoms with Gasteiger partial charge in [0.1, 0.15) is 18.8 Å². The first-order chi connectivity index (χ1) is 13.0. The fourth-order valence-corrected chi connectivity index (χ4v) is 3.89. The molecular formula is C20H22N2O5. The molecule has 0 bridgehead atoms. The predicted octanol–water partition coefficient (Wildman–Crippen LogP) is 2.39. The molecule has 1 aliphatic carbocycles. The van der Waals surface area contributed by atoms with Crippen molar-refractivity contribution >= 4 is 11.9 Å². The second-order valence-corrected chi connectivity index (χ2v) is 7.46. The molecule has 3 aliphatic rings. The van der Waals surface area contributed by atoms with Crippen molar-refractivity contribution < 1.29 is 23.8 Å². The first kappa shape index (κ1) is 17.9. The molecule has 2 fully saturated rings. The number of hydrogen-bond donors (Lipinski definition) is 0. The number of carbonyl (C=O) groups is 2. The molecule has 4 atom stereocenters. The Bertz CT molecular complexity index is 806. The topological polar surface area (TPSA) is 90.9 Å². The molecule has 0 spiro atoms. The van der Waals surface area contributed by atoms with E-state index in [9.17, 15) is 9.59 Å². The van der Waals surface area contributed by atoms with Gasteiger partial charge >= 0.3 is 11.9 Å². The standard InChI is InChI=1S/C20H22N2O5/c1-12-14-6-5-13(11-25-19(24)15-10-21-8-9-22-15)4-3-7-20(2)17(27-20)16(14)26-18(12)23/h4,8-10,14,16-17H,1,3,5-7,11H2,2H3/b13-4+/t14-,16-,17-,20+/m0/s1. The van der Waals surface area contributed by atoms with Crippen molar-refractivity contribution in [3.05, 3.63) is 48.1 Å². The Labute approximate surface area is 157 Å². The van der Waals surface area contributed by atoms with Gasteiger partial charge < -0.3 is 14.2 Å². The van der Waals surface area contributed by atoms with Gasteiger partial charge in [-0.3, -0.25) is 4.98 Å². The van der Waals surface area contributed by atoms with E-state index in [1.165, 1.54) is 18.6 Å². The Morgan fingerprint density at radius 2 is 2.30 bits per heavy atom. The molecule has 0 aromatic carbocycles. The molecule has 0 amide bonds. The number of hydrogen-bond acceptors (Lipinski definition) is 7. The zero-order valence-corrected chi connectivity index (χ0v) is 15.2. The molecule has 0 radical (unpaired) electrons. The van der Waals surface area contributed by atoms with Gasteiger partial charge in [-0.2, -0.15) is 0 Å². The molecule has 0 saturated carbocycles. The van der Waals surface area contributed by atoms with Crippen LogP contribution in [0, 0.1) is 5.92 Å². The highest BCUT2D eigenvalue weighted by Gasteiger charge is 2.61. The number of fused-ring (bicyclic) bond motifs is 3. The molecule has 3 heterocycles. The van der Waals surface area contributed by atoms with Crippen molar-refractivity contribution in [3.8, 4) is 0 Å². The Morgan fingerprint density at radius 3 is 3.07 bits per heavy atom. The molecule has 142 valence electrons. The van der Waals surface area contributed by atoms with Gasteiger partial charge in [0.15, 0.2) is 5.69 Å². The summed E-state index contributed by atoms with van der Waals surface area (Å²) >= 11 is 0. The predicted molar refractivity (Wildman–Crippen MR) is 94.7 cm³/mol. The highest BCUT2D eigenvalue weighted by molar-refractivity contribution is 5.91. The number of esters is 2. The highest BCUT2D eigenvalue weighted by Crippen LogP contribution is 2.49. The van der Waals surface area contributed by atoms with Gasteiger partial charge in [-0.1, -0.05) is 12.7 Å². The van der Waals surface area contributed by atoms with Crippen molar-refractivity contribution in [2.75, 3.05) is 6.61 Å². The van der Waals surface area contributed by atoms with E-state index < -0.39 is 5.97 Å². The van der Waals surface area contributed by atoms with Gasteiger partial charge in [-0.15, -0.1) is 0 Å². The van der Waals surface area contributed by atoms with Gasteiger partial charge in [-0.25, -0.2) is 14.6 Å². The van der Waals surface area contributed by atoms with Crippen LogP contribution < -0.4 is 0 Å². The lowest BCUT2D eigenvalue weighted by Crippen LogP contribution is -2.29. The lowest BCUT2D eigenvalue weighted by molar-refractivity contribution is -0.140. The summed E-state index contributed by atoms with van der Waals surface area (Å²) < 4.78 is 16.8. The minimum absolute atomic E-state index is 0.0601. The number of nitrogens with zero attached hydrogens (tertiary/aromatic N) is 2. The van der Waals surface area contributed by atoms with E-state index in [0.717, 1.165) is 18.4 Å². The van der Waals surface area contributed by atoms with Gasteiger partial charge in [0.05, 0.1) is 11.8 Å². The zero-order valence-electron chi connectivity index (χ0n) is 15.2. The van der Waals surface area contributed by atoms with Crippen LogP contribution in [-0.2, 0) is 19.0 Å². The summed E-state index contributed by atoms with van der Waals surface area (Å²) in [5.74, 6) is -0.900. The maximum Gasteiger partial charge on any atom is 0.358 e. The van der Waals surface area contributed by atoms with Crippen LogP contribution in [0.2, 0.25) is 0 Å². The summed E-state index contributed by atoms with van der Waals surface area (Å²) in [7, 11) is 0. The molecule has 0 unspecified atom stereocenters. The Kier molecular flexibility index (Phi) is 4.55. The zero-order chi connectivity index (χ0) is 19.0. The molecule has 2 aliphatic heterocycles. The highest BCUT2D eigenvalue weighted by atomic mass is 16.6. The quantitative estimate of drug-likeness (QED) is 0.349. The lowest BCUT2D eigenvalue weighted by Gasteiger charge is -2.20. The maximum absolute atomic E-state index is 12.1. The summed E-state index contributed by atoms with van der Waals surface area (Å²) in [4.78, 5) is 31.9. The van der Waals surface area contributed by atoms with Crippen LogP contribution >= 0.6 is 0 Å². The third-order valence-electron chi connectivity index (χ3n) is 5.60. The molecule has 7 nitrogen and oxygen atoms in total. The molecule has 2 saturated heterocycles. The fraction of sp³-hybridized carbons (Fsp3) is 0.500. The first-order valence-corrected chi connectivity index (χ1v) is 9.16. The molecule has 0 N–H and O–H groups in total. The van der Waals surface area contributed by atoms with Crippen LogP contribution in [0.15, 0.2) is 42.4 Å². The average molecular weight is 370 g/mol. The summed E-state index contributed by atoms with van der Waals surface area (Å²) in [5.41, 5.74) is 1.43. The Balaban J connectivity index is 1.44. The van der Waals surface area contributed by atoms with Crippen LogP contribution in [-0.4, -0.2) is 46.3 Å². The Hall–Kier alpha value is -2.54. The Morgan fingerprint density at radius 1 is 1.44 bits per heavy atom.